The zero-order chi connectivity index (χ0) is 15.8. The molecule has 0 spiro atoms. The van der Waals surface area contributed by atoms with Crippen LogP contribution < -0.4 is 4.90 Å². The fraction of sp³-hybridized carbons (Fsp3) is 0.765. The zero-order valence-corrected chi connectivity index (χ0v) is 14.6. The summed E-state index contributed by atoms with van der Waals surface area (Å²) in [6.07, 6.45) is 0. The average Bonchev–Trinajstić information content (AvgIpc) is 2.49. The third-order valence-corrected chi connectivity index (χ3v) is 3.58. The topological polar surface area (TPSA) is 32.3 Å². The van der Waals surface area contributed by atoms with Gasteiger partial charge < -0.3 is 4.90 Å². The molecule has 0 N–H and O–H groups in total. The Morgan fingerprint density at radius 1 is 0.952 bits per heavy atom. The van der Waals surface area contributed by atoms with Gasteiger partial charge in [-0.25, -0.2) is 0 Å². The Bertz CT molecular complexity index is 378. The van der Waals surface area contributed by atoms with Crippen molar-refractivity contribution < 1.29 is 0 Å². The Hall–Kier alpha value is -1.16. The summed E-state index contributed by atoms with van der Waals surface area (Å²) in [5, 5.41) is 8.68. The van der Waals surface area contributed by atoms with Gasteiger partial charge in [0.15, 0.2) is 5.82 Å². The molecule has 0 radical (unpaired) electrons. The minimum absolute atomic E-state index is 0.449. The number of rotatable bonds is 4. The summed E-state index contributed by atoms with van der Waals surface area (Å²) < 4.78 is 0. The molecule has 1 saturated heterocycles. The maximum absolute atomic E-state index is 4.37. The number of hydrogen-bond donors (Lipinski definition) is 0. The van der Waals surface area contributed by atoms with Gasteiger partial charge in [-0.15, -0.1) is 5.10 Å². The molecule has 4 nitrogen and oxygen atoms in total. The van der Waals surface area contributed by atoms with Gasteiger partial charge in [0.05, 0.1) is 5.69 Å². The Balaban J connectivity index is 0.00000106. The van der Waals surface area contributed by atoms with Crippen molar-refractivity contribution in [3.63, 3.8) is 0 Å². The molecule has 0 aromatic carbocycles. The molecule has 0 aliphatic carbocycles. The van der Waals surface area contributed by atoms with Crippen LogP contribution >= 0.6 is 0 Å². The summed E-state index contributed by atoms with van der Waals surface area (Å²) in [7, 11) is 0. The molecule has 4 heteroatoms. The number of hydrogen-bond acceptors (Lipinski definition) is 4. The quantitative estimate of drug-likeness (QED) is 0.851. The van der Waals surface area contributed by atoms with E-state index in [1.807, 2.05) is 13.8 Å². The van der Waals surface area contributed by atoms with Gasteiger partial charge in [-0.05, 0) is 24.0 Å². The Morgan fingerprint density at radius 3 is 2.00 bits per heavy atom. The van der Waals surface area contributed by atoms with Crippen LogP contribution in [0.3, 0.4) is 0 Å². The van der Waals surface area contributed by atoms with Gasteiger partial charge in [-0.2, -0.15) is 5.10 Å². The van der Waals surface area contributed by atoms with E-state index in [0.717, 1.165) is 43.6 Å². The lowest BCUT2D eigenvalue weighted by Crippen LogP contribution is -2.47. The molecule has 1 aromatic heterocycles. The van der Waals surface area contributed by atoms with Crippen LogP contribution in [0.4, 0.5) is 5.82 Å². The van der Waals surface area contributed by atoms with Crippen molar-refractivity contribution in [1.82, 2.24) is 15.1 Å². The summed E-state index contributed by atoms with van der Waals surface area (Å²) in [6, 6.07) is 4.22. The third kappa shape index (κ3) is 5.62. The van der Waals surface area contributed by atoms with Crippen molar-refractivity contribution in [3.8, 4) is 0 Å². The number of anilines is 1. The lowest BCUT2D eigenvalue weighted by molar-refractivity contribution is 0.231. The first kappa shape index (κ1) is 17.9. The summed E-state index contributed by atoms with van der Waals surface area (Å²) in [6.45, 7) is 18.4. The highest BCUT2D eigenvalue weighted by Gasteiger charge is 2.18. The maximum atomic E-state index is 4.37. The molecule has 1 aliphatic rings. The zero-order valence-electron chi connectivity index (χ0n) is 14.6. The van der Waals surface area contributed by atoms with E-state index in [1.165, 1.54) is 6.54 Å². The highest BCUT2D eigenvalue weighted by atomic mass is 15.3. The molecule has 0 bridgehead atoms. The van der Waals surface area contributed by atoms with Gasteiger partial charge in [0, 0.05) is 32.7 Å². The van der Waals surface area contributed by atoms with Crippen LogP contribution in [0.1, 0.15) is 53.2 Å². The predicted molar refractivity (Wildman–Crippen MR) is 91.0 cm³/mol. The van der Waals surface area contributed by atoms with E-state index in [2.05, 4.69) is 59.8 Å². The fourth-order valence-corrected chi connectivity index (χ4v) is 2.49. The number of piperazine rings is 1. The molecular formula is C17H32N4. The molecule has 1 aromatic rings. The minimum atomic E-state index is 0.449. The van der Waals surface area contributed by atoms with Crippen LogP contribution in [0.5, 0.6) is 0 Å². The number of aromatic nitrogens is 2. The second-order valence-corrected chi connectivity index (χ2v) is 6.15. The predicted octanol–water partition coefficient (Wildman–Crippen LogP) is 3.40. The van der Waals surface area contributed by atoms with Gasteiger partial charge in [0.25, 0.3) is 0 Å². The van der Waals surface area contributed by atoms with Crippen LogP contribution in [-0.4, -0.2) is 47.8 Å². The largest absolute Gasteiger partial charge is 0.353 e. The molecule has 0 unspecified atom stereocenters. The van der Waals surface area contributed by atoms with E-state index >= 15 is 0 Å². The van der Waals surface area contributed by atoms with Gasteiger partial charge in [-0.1, -0.05) is 41.5 Å². The van der Waals surface area contributed by atoms with Crippen LogP contribution in [-0.2, 0) is 0 Å². The van der Waals surface area contributed by atoms with E-state index in [0.29, 0.717) is 5.92 Å². The van der Waals surface area contributed by atoms with Crippen LogP contribution in [0.2, 0.25) is 0 Å². The first-order valence-corrected chi connectivity index (χ1v) is 8.37. The van der Waals surface area contributed by atoms with Crippen molar-refractivity contribution in [1.29, 1.82) is 0 Å². The molecule has 0 atom stereocenters. The standard InChI is InChI=1S/C15H26N4.C2H6/c1-12(2)11-18-7-9-19(10-8-18)15-6-5-14(13(3)4)16-17-15;1-2/h5-6,12-13H,7-11H2,1-4H3;1-2H3. The van der Waals surface area contributed by atoms with Crippen LogP contribution in [0, 0.1) is 5.92 Å². The van der Waals surface area contributed by atoms with Gasteiger partial charge in [-0.3, -0.25) is 4.90 Å². The molecule has 2 heterocycles. The molecule has 0 saturated carbocycles. The van der Waals surface area contributed by atoms with Crippen molar-refractivity contribution >= 4 is 5.82 Å². The maximum Gasteiger partial charge on any atom is 0.151 e. The lowest BCUT2D eigenvalue weighted by Gasteiger charge is -2.35. The second kappa shape index (κ2) is 8.98. The Morgan fingerprint density at radius 2 is 1.57 bits per heavy atom. The minimum Gasteiger partial charge on any atom is -0.353 e. The molecule has 1 fully saturated rings. The molecular weight excluding hydrogens is 260 g/mol. The Labute approximate surface area is 130 Å². The van der Waals surface area contributed by atoms with Gasteiger partial charge in [0.2, 0.25) is 0 Å². The second-order valence-electron chi connectivity index (χ2n) is 6.15. The van der Waals surface area contributed by atoms with Crippen molar-refractivity contribution in [3.05, 3.63) is 17.8 Å². The number of nitrogens with zero attached hydrogens (tertiary/aromatic N) is 4. The Kier molecular flexibility index (Phi) is 7.65. The summed E-state index contributed by atoms with van der Waals surface area (Å²) in [5.74, 6) is 2.22. The van der Waals surface area contributed by atoms with E-state index in [9.17, 15) is 0 Å². The molecule has 120 valence electrons. The first-order chi connectivity index (χ1) is 10.1. The van der Waals surface area contributed by atoms with Crippen molar-refractivity contribution in [2.45, 2.75) is 47.5 Å². The monoisotopic (exact) mass is 292 g/mol. The molecule has 0 amide bonds. The average molecular weight is 292 g/mol. The summed E-state index contributed by atoms with van der Waals surface area (Å²) in [4.78, 5) is 4.88. The molecule has 21 heavy (non-hydrogen) atoms. The van der Waals surface area contributed by atoms with E-state index in [1.54, 1.807) is 0 Å². The normalized spacial score (nSPS) is 16.1. The molecule has 2 rings (SSSR count). The van der Waals surface area contributed by atoms with E-state index in [-0.39, 0.29) is 0 Å². The highest BCUT2D eigenvalue weighted by molar-refractivity contribution is 5.38. The van der Waals surface area contributed by atoms with Gasteiger partial charge >= 0.3 is 0 Å². The van der Waals surface area contributed by atoms with Crippen LogP contribution in [0.25, 0.3) is 0 Å². The van der Waals surface area contributed by atoms with Crippen LogP contribution in [0.15, 0.2) is 12.1 Å². The SMILES string of the molecule is CC.CC(C)CN1CCN(c2ccc(C(C)C)nn2)CC1. The van der Waals surface area contributed by atoms with Crippen molar-refractivity contribution in [2.24, 2.45) is 5.92 Å². The lowest BCUT2D eigenvalue weighted by atomic mass is 10.1. The fourth-order valence-electron chi connectivity index (χ4n) is 2.49. The summed E-state index contributed by atoms with van der Waals surface area (Å²) in [5.41, 5.74) is 1.07. The van der Waals surface area contributed by atoms with Gasteiger partial charge in [0.1, 0.15) is 0 Å². The van der Waals surface area contributed by atoms with Crippen molar-refractivity contribution in [2.75, 3.05) is 37.6 Å². The summed E-state index contributed by atoms with van der Waals surface area (Å²) >= 11 is 0. The third-order valence-electron chi connectivity index (χ3n) is 3.58. The molecule has 1 aliphatic heterocycles. The highest BCUT2D eigenvalue weighted by Crippen LogP contribution is 2.16. The first-order valence-electron chi connectivity index (χ1n) is 8.37. The van der Waals surface area contributed by atoms with E-state index in [4.69, 9.17) is 0 Å². The smallest absolute Gasteiger partial charge is 0.151 e. The van der Waals surface area contributed by atoms with E-state index < -0.39 is 0 Å².